The fraction of sp³-hybridized carbons (Fsp3) is 0.308. The predicted molar refractivity (Wildman–Crippen MR) is 74.5 cm³/mol. The molecule has 0 bridgehead atoms. The van der Waals surface area contributed by atoms with Gasteiger partial charge in [-0.1, -0.05) is 4.68 Å². The van der Waals surface area contributed by atoms with Gasteiger partial charge in [0.15, 0.2) is 12.7 Å². The number of hydrogen-bond acceptors (Lipinski definition) is 5. The van der Waals surface area contributed by atoms with E-state index in [4.69, 9.17) is 0 Å². The molecule has 8 heteroatoms. The Hall–Kier alpha value is -2.06. The molecule has 1 aromatic carbocycles. The number of hydrogen-bond donors (Lipinski definition) is 0. The zero-order chi connectivity index (χ0) is 15.6. The summed E-state index contributed by atoms with van der Waals surface area (Å²) in [5, 5.41) is 4.98. The Balaban J connectivity index is 2.29. The van der Waals surface area contributed by atoms with Crippen molar-refractivity contribution in [3.63, 3.8) is 0 Å². The number of nitrogens with zero attached hydrogens (tertiary/aromatic N) is 3. The van der Waals surface area contributed by atoms with Gasteiger partial charge in [-0.25, -0.2) is 8.42 Å². The molecular weight excluding hydrogens is 294 g/mol. The van der Waals surface area contributed by atoms with Crippen LogP contribution in [0.2, 0.25) is 0 Å². The maximum Gasteiger partial charge on any atom is 0.253 e. The highest BCUT2D eigenvalue weighted by atomic mass is 32.2. The van der Waals surface area contributed by atoms with E-state index in [1.165, 1.54) is 9.58 Å². The van der Waals surface area contributed by atoms with Crippen molar-refractivity contribution in [1.29, 1.82) is 0 Å². The summed E-state index contributed by atoms with van der Waals surface area (Å²) in [6.45, 7) is 0.000152. The van der Waals surface area contributed by atoms with Gasteiger partial charge in [-0.3, -0.25) is 4.79 Å². The Morgan fingerprint density at radius 1 is 1.33 bits per heavy atom. The highest BCUT2D eigenvalue weighted by molar-refractivity contribution is 7.85. The van der Waals surface area contributed by atoms with Crippen molar-refractivity contribution >= 4 is 26.9 Å². The minimum Gasteiger partial charge on any atom is -0.748 e. The Morgan fingerprint density at radius 3 is 2.67 bits per heavy atom. The molecule has 0 saturated carbocycles. The number of carbonyl (C=O) groups is 1. The molecule has 112 valence electrons. The second-order valence-electron chi connectivity index (χ2n) is 4.81. The molecule has 0 aliphatic heterocycles. The number of benzene rings is 1. The minimum absolute atomic E-state index is 0.000152. The van der Waals surface area contributed by atoms with Gasteiger partial charge in [0.05, 0.1) is 5.75 Å². The standard InChI is InChI=1S/C13H15N3O4S/c1-15(2)13(17)11-3-4-12-10(9-11)5-6-16(14-12)7-8-21(18,19)20/h3-6,9H,7-8H2,1-2H3. The summed E-state index contributed by atoms with van der Waals surface area (Å²) < 4.78 is 33.2. The first kappa shape index (κ1) is 15.3. The van der Waals surface area contributed by atoms with E-state index >= 15 is 0 Å². The summed E-state index contributed by atoms with van der Waals surface area (Å²) in [7, 11) is -0.917. The van der Waals surface area contributed by atoms with Crippen LogP contribution in [-0.4, -0.2) is 48.7 Å². The molecule has 0 N–H and O–H groups in total. The quantitative estimate of drug-likeness (QED) is 0.574. The van der Waals surface area contributed by atoms with Crippen molar-refractivity contribution in [2.75, 3.05) is 19.8 Å². The zero-order valence-corrected chi connectivity index (χ0v) is 12.5. The lowest BCUT2D eigenvalue weighted by atomic mass is 10.1. The lowest BCUT2D eigenvalue weighted by molar-refractivity contribution is -0.747. The lowest BCUT2D eigenvalue weighted by Gasteiger charge is -2.10. The van der Waals surface area contributed by atoms with Crippen LogP contribution in [0.25, 0.3) is 10.9 Å². The van der Waals surface area contributed by atoms with E-state index in [1.54, 1.807) is 44.6 Å². The van der Waals surface area contributed by atoms with Gasteiger partial charge in [-0.2, -0.15) is 0 Å². The highest BCUT2D eigenvalue weighted by Crippen LogP contribution is 2.13. The third-order valence-electron chi connectivity index (χ3n) is 2.91. The van der Waals surface area contributed by atoms with Gasteiger partial charge >= 0.3 is 0 Å². The average molecular weight is 309 g/mol. The first-order valence-electron chi connectivity index (χ1n) is 6.22. The van der Waals surface area contributed by atoms with E-state index in [1.807, 2.05) is 0 Å². The van der Waals surface area contributed by atoms with Crippen LogP contribution in [0.15, 0.2) is 30.5 Å². The van der Waals surface area contributed by atoms with Crippen LogP contribution >= 0.6 is 0 Å². The Morgan fingerprint density at radius 2 is 2.05 bits per heavy atom. The number of aromatic nitrogens is 2. The molecule has 0 fully saturated rings. The number of amides is 1. The van der Waals surface area contributed by atoms with E-state index in [0.29, 0.717) is 11.1 Å². The molecule has 0 aliphatic rings. The molecule has 2 aromatic rings. The summed E-state index contributed by atoms with van der Waals surface area (Å²) in [5.74, 6) is -0.612. The fourth-order valence-corrected chi connectivity index (χ4v) is 2.25. The van der Waals surface area contributed by atoms with Gasteiger partial charge in [0.2, 0.25) is 0 Å². The SMILES string of the molecule is CN(C)C(=O)c1ccc2n[n+](CCS(=O)(=O)[O-])ccc2c1. The summed E-state index contributed by atoms with van der Waals surface area (Å²) >= 11 is 0. The van der Waals surface area contributed by atoms with Crippen molar-refractivity contribution in [2.24, 2.45) is 0 Å². The van der Waals surface area contributed by atoms with Gasteiger partial charge in [-0.15, -0.1) is 0 Å². The van der Waals surface area contributed by atoms with E-state index in [0.717, 1.165) is 5.39 Å². The third kappa shape index (κ3) is 3.96. The van der Waals surface area contributed by atoms with Crippen LogP contribution in [-0.2, 0) is 16.7 Å². The lowest BCUT2D eigenvalue weighted by Crippen LogP contribution is -2.40. The molecule has 1 heterocycles. The van der Waals surface area contributed by atoms with Crippen molar-refractivity contribution in [2.45, 2.75) is 6.54 Å². The number of fused-ring (bicyclic) bond motifs is 1. The van der Waals surface area contributed by atoms with Crippen molar-refractivity contribution < 1.29 is 22.4 Å². The molecule has 0 aliphatic carbocycles. The molecule has 0 radical (unpaired) electrons. The Labute approximate surface area is 122 Å². The van der Waals surface area contributed by atoms with Crippen LogP contribution in [0.3, 0.4) is 0 Å². The minimum atomic E-state index is -4.26. The first-order valence-corrected chi connectivity index (χ1v) is 7.80. The van der Waals surface area contributed by atoms with Crippen molar-refractivity contribution in [3.8, 4) is 0 Å². The van der Waals surface area contributed by atoms with E-state index in [-0.39, 0.29) is 12.5 Å². The van der Waals surface area contributed by atoms with Gasteiger partial charge in [-0.05, 0) is 18.2 Å². The van der Waals surface area contributed by atoms with Crippen LogP contribution in [0.4, 0.5) is 0 Å². The van der Waals surface area contributed by atoms with Crippen molar-refractivity contribution in [3.05, 3.63) is 36.0 Å². The Bertz CT molecular complexity index is 787. The largest absolute Gasteiger partial charge is 0.748 e. The van der Waals surface area contributed by atoms with Gasteiger partial charge in [0.25, 0.3) is 5.91 Å². The molecule has 1 amide bonds. The number of carbonyl (C=O) groups excluding carboxylic acids is 1. The normalized spacial score (nSPS) is 11.6. The molecule has 0 spiro atoms. The topological polar surface area (TPSA) is 94.3 Å². The van der Waals surface area contributed by atoms with E-state index < -0.39 is 15.9 Å². The second kappa shape index (κ2) is 5.74. The average Bonchev–Trinajstić information content (AvgIpc) is 2.42. The number of rotatable bonds is 4. The molecule has 0 atom stereocenters. The maximum absolute atomic E-state index is 11.9. The molecule has 0 unspecified atom stereocenters. The molecule has 0 saturated heterocycles. The van der Waals surface area contributed by atoms with Crippen LogP contribution in [0.5, 0.6) is 0 Å². The first-order chi connectivity index (χ1) is 9.76. The van der Waals surface area contributed by atoms with Crippen LogP contribution in [0, 0.1) is 0 Å². The fourth-order valence-electron chi connectivity index (χ4n) is 1.84. The summed E-state index contributed by atoms with van der Waals surface area (Å²) in [5.41, 5.74) is 1.17. The van der Waals surface area contributed by atoms with Crippen LogP contribution in [0.1, 0.15) is 10.4 Å². The molecule has 21 heavy (non-hydrogen) atoms. The molecule has 7 nitrogen and oxygen atoms in total. The highest BCUT2D eigenvalue weighted by Gasteiger charge is 2.11. The predicted octanol–water partition coefficient (Wildman–Crippen LogP) is -0.231. The monoisotopic (exact) mass is 309 g/mol. The molecular formula is C13H15N3O4S. The molecule has 2 rings (SSSR count). The molecule has 1 aromatic heterocycles. The Kier molecular flexibility index (Phi) is 4.19. The maximum atomic E-state index is 11.9. The van der Waals surface area contributed by atoms with Gasteiger partial charge in [0, 0.05) is 36.2 Å². The van der Waals surface area contributed by atoms with E-state index in [2.05, 4.69) is 5.10 Å². The zero-order valence-electron chi connectivity index (χ0n) is 11.7. The summed E-state index contributed by atoms with van der Waals surface area (Å²) in [6.07, 6.45) is 1.58. The van der Waals surface area contributed by atoms with E-state index in [9.17, 15) is 17.8 Å². The number of aryl methyl sites for hydroxylation is 1. The van der Waals surface area contributed by atoms with Crippen LogP contribution < -0.4 is 4.68 Å². The summed E-state index contributed by atoms with van der Waals surface area (Å²) in [6, 6.07) is 6.80. The second-order valence-corrected chi connectivity index (χ2v) is 6.34. The smallest absolute Gasteiger partial charge is 0.253 e. The van der Waals surface area contributed by atoms with Gasteiger partial charge < -0.3 is 9.45 Å². The van der Waals surface area contributed by atoms with Crippen molar-refractivity contribution in [1.82, 2.24) is 10.00 Å². The summed E-state index contributed by atoms with van der Waals surface area (Å²) in [4.78, 5) is 13.3. The third-order valence-corrected chi connectivity index (χ3v) is 3.60. The van der Waals surface area contributed by atoms with Gasteiger partial charge in [0.1, 0.15) is 15.6 Å².